The summed E-state index contributed by atoms with van der Waals surface area (Å²) in [5.41, 5.74) is 3.92. The first-order valence-electron chi connectivity index (χ1n) is 8.55. The van der Waals surface area contributed by atoms with Crippen molar-refractivity contribution in [3.8, 4) is 11.5 Å². The van der Waals surface area contributed by atoms with Crippen LogP contribution >= 0.6 is 0 Å². The highest BCUT2D eigenvalue weighted by molar-refractivity contribution is 5.95. The molecule has 0 aliphatic rings. The first-order chi connectivity index (χ1) is 12.6. The number of rotatable bonds is 6. The first kappa shape index (κ1) is 17.5. The van der Waals surface area contributed by atoms with Crippen molar-refractivity contribution in [3.63, 3.8) is 0 Å². The van der Waals surface area contributed by atoms with E-state index >= 15 is 0 Å². The number of hydrogen-bond acceptors (Lipinski definition) is 3. The Kier molecular flexibility index (Phi) is 5.54. The molecule has 4 nitrogen and oxygen atoms in total. The summed E-state index contributed by atoms with van der Waals surface area (Å²) >= 11 is 0. The molecule has 0 atom stereocenters. The van der Waals surface area contributed by atoms with E-state index < -0.39 is 0 Å². The highest BCUT2D eigenvalue weighted by atomic mass is 16.5. The van der Waals surface area contributed by atoms with E-state index in [4.69, 9.17) is 4.74 Å². The van der Waals surface area contributed by atoms with Gasteiger partial charge in [-0.2, -0.15) is 0 Å². The van der Waals surface area contributed by atoms with E-state index in [2.05, 4.69) is 16.7 Å². The fraction of sp³-hybridized carbons (Fsp3) is 0.136. The van der Waals surface area contributed by atoms with Gasteiger partial charge in [0.25, 0.3) is 0 Å². The second kappa shape index (κ2) is 8.21. The van der Waals surface area contributed by atoms with Crippen LogP contribution in [-0.4, -0.2) is 12.5 Å². The van der Waals surface area contributed by atoms with Gasteiger partial charge in [0.2, 0.25) is 5.91 Å². The van der Waals surface area contributed by atoms with Gasteiger partial charge in [0, 0.05) is 5.69 Å². The molecule has 0 spiro atoms. The first-order valence-corrected chi connectivity index (χ1v) is 8.55. The van der Waals surface area contributed by atoms with Gasteiger partial charge in [-0.25, -0.2) is 0 Å². The minimum absolute atomic E-state index is 0.130. The van der Waals surface area contributed by atoms with Crippen molar-refractivity contribution in [2.75, 3.05) is 17.2 Å². The lowest BCUT2D eigenvalue weighted by Gasteiger charge is -2.13. The Morgan fingerprint density at radius 3 is 2.38 bits per heavy atom. The number of aryl methyl sites for hydroxylation is 2. The number of carbonyl (C=O) groups excluding carboxylic acids is 1. The number of anilines is 2. The molecule has 0 unspecified atom stereocenters. The molecule has 2 N–H and O–H groups in total. The Morgan fingerprint density at radius 2 is 1.62 bits per heavy atom. The van der Waals surface area contributed by atoms with Crippen molar-refractivity contribution in [2.24, 2.45) is 0 Å². The Balaban J connectivity index is 1.64. The van der Waals surface area contributed by atoms with Crippen LogP contribution in [0.5, 0.6) is 11.5 Å². The van der Waals surface area contributed by atoms with E-state index in [1.54, 1.807) is 0 Å². The molecule has 0 aliphatic heterocycles. The van der Waals surface area contributed by atoms with Crippen molar-refractivity contribution in [1.82, 2.24) is 0 Å². The average molecular weight is 346 g/mol. The van der Waals surface area contributed by atoms with Gasteiger partial charge in [0.1, 0.15) is 5.75 Å². The molecule has 0 bridgehead atoms. The van der Waals surface area contributed by atoms with Crippen LogP contribution in [0.1, 0.15) is 11.1 Å². The molecule has 3 rings (SSSR count). The Morgan fingerprint density at radius 1 is 0.885 bits per heavy atom. The molecule has 4 heteroatoms. The zero-order chi connectivity index (χ0) is 18.4. The van der Waals surface area contributed by atoms with Gasteiger partial charge < -0.3 is 15.4 Å². The fourth-order valence-corrected chi connectivity index (χ4v) is 2.66. The number of nitrogens with one attached hydrogen (secondary N) is 2. The standard InChI is InChI=1S/C22H22N2O2/c1-16-12-13-19(17(2)14-16)23-15-22(25)24-20-10-6-7-11-21(20)26-18-8-4-3-5-9-18/h3-14,23H,15H2,1-2H3,(H,24,25). The summed E-state index contributed by atoms with van der Waals surface area (Å²) < 4.78 is 5.87. The predicted molar refractivity (Wildman–Crippen MR) is 106 cm³/mol. The second-order valence-corrected chi connectivity index (χ2v) is 6.13. The topological polar surface area (TPSA) is 50.4 Å². The molecule has 1 amide bonds. The van der Waals surface area contributed by atoms with Gasteiger partial charge in [-0.15, -0.1) is 0 Å². The summed E-state index contributed by atoms with van der Waals surface area (Å²) in [7, 11) is 0. The molecule has 0 heterocycles. The van der Waals surface area contributed by atoms with Crippen LogP contribution in [0, 0.1) is 13.8 Å². The monoisotopic (exact) mass is 346 g/mol. The van der Waals surface area contributed by atoms with Crippen LogP contribution in [0.25, 0.3) is 0 Å². The van der Waals surface area contributed by atoms with E-state index in [1.807, 2.05) is 80.6 Å². The third kappa shape index (κ3) is 4.63. The van der Waals surface area contributed by atoms with E-state index in [9.17, 15) is 4.79 Å². The molecule has 3 aromatic rings. The highest BCUT2D eigenvalue weighted by Gasteiger charge is 2.09. The summed E-state index contributed by atoms with van der Waals surface area (Å²) in [4.78, 5) is 12.3. The van der Waals surface area contributed by atoms with Crippen molar-refractivity contribution in [2.45, 2.75) is 13.8 Å². The van der Waals surface area contributed by atoms with E-state index in [0.717, 1.165) is 17.0 Å². The van der Waals surface area contributed by atoms with Crippen molar-refractivity contribution < 1.29 is 9.53 Å². The van der Waals surface area contributed by atoms with Crippen molar-refractivity contribution in [1.29, 1.82) is 0 Å². The lowest BCUT2D eigenvalue weighted by Crippen LogP contribution is -2.22. The highest BCUT2D eigenvalue weighted by Crippen LogP contribution is 2.29. The van der Waals surface area contributed by atoms with Gasteiger partial charge in [-0.1, -0.05) is 48.0 Å². The smallest absolute Gasteiger partial charge is 0.243 e. The van der Waals surface area contributed by atoms with E-state index in [-0.39, 0.29) is 12.5 Å². The molecule has 0 radical (unpaired) electrons. The van der Waals surface area contributed by atoms with Crippen LogP contribution in [0.15, 0.2) is 72.8 Å². The predicted octanol–water partition coefficient (Wildman–Crippen LogP) is 5.15. The van der Waals surface area contributed by atoms with Crippen LogP contribution < -0.4 is 15.4 Å². The number of ether oxygens (including phenoxy) is 1. The van der Waals surface area contributed by atoms with Gasteiger partial charge in [0.05, 0.1) is 12.2 Å². The summed E-state index contributed by atoms with van der Waals surface area (Å²) in [5, 5.41) is 6.08. The number of carbonyl (C=O) groups is 1. The lowest BCUT2D eigenvalue weighted by molar-refractivity contribution is -0.114. The third-order valence-corrected chi connectivity index (χ3v) is 3.95. The summed E-state index contributed by atoms with van der Waals surface area (Å²) in [6.45, 7) is 4.26. The second-order valence-electron chi connectivity index (χ2n) is 6.13. The molecule has 0 saturated carbocycles. The molecular weight excluding hydrogens is 324 g/mol. The SMILES string of the molecule is Cc1ccc(NCC(=O)Nc2ccccc2Oc2ccccc2)c(C)c1. The minimum atomic E-state index is -0.130. The largest absolute Gasteiger partial charge is 0.455 e. The molecular formula is C22H22N2O2. The zero-order valence-corrected chi connectivity index (χ0v) is 15.0. The van der Waals surface area contributed by atoms with Crippen LogP contribution in [0.4, 0.5) is 11.4 Å². The maximum atomic E-state index is 12.3. The summed E-state index contributed by atoms with van der Waals surface area (Å²) in [6.07, 6.45) is 0. The average Bonchev–Trinajstić information content (AvgIpc) is 2.63. The number of amides is 1. The van der Waals surface area contributed by atoms with Crippen LogP contribution in [0.2, 0.25) is 0 Å². The molecule has 132 valence electrons. The fourth-order valence-electron chi connectivity index (χ4n) is 2.66. The van der Waals surface area contributed by atoms with Crippen molar-refractivity contribution in [3.05, 3.63) is 83.9 Å². The molecule has 0 fully saturated rings. The van der Waals surface area contributed by atoms with Gasteiger partial charge in [-0.3, -0.25) is 4.79 Å². The number of hydrogen-bond donors (Lipinski definition) is 2. The minimum Gasteiger partial charge on any atom is -0.455 e. The molecule has 0 aliphatic carbocycles. The quantitative estimate of drug-likeness (QED) is 0.649. The Bertz CT molecular complexity index is 892. The third-order valence-electron chi connectivity index (χ3n) is 3.95. The molecule has 0 saturated heterocycles. The van der Waals surface area contributed by atoms with Gasteiger partial charge in [0.15, 0.2) is 5.75 Å². The number of para-hydroxylation sites is 3. The number of benzene rings is 3. The van der Waals surface area contributed by atoms with Crippen LogP contribution in [0.3, 0.4) is 0 Å². The molecule has 26 heavy (non-hydrogen) atoms. The maximum Gasteiger partial charge on any atom is 0.243 e. The normalized spacial score (nSPS) is 10.2. The van der Waals surface area contributed by atoms with Crippen molar-refractivity contribution >= 4 is 17.3 Å². The molecule has 0 aromatic heterocycles. The van der Waals surface area contributed by atoms with E-state index in [0.29, 0.717) is 11.4 Å². The Labute approximate surface area is 153 Å². The van der Waals surface area contributed by atoms with Gasteiger partial charge in [-0.05, 0) is 49.7 Å². The summed E-state index contributed by atoms with van der Waals surface area (Å²) in [6, 6.07) is 23.0. The van der Waals surface area contributed by atoms with E-state index in [1.165, 1.54) is 5.56 Å². The van der Waals surface area contributed by atoms with Crippen LogP contribution in [-0.2, 0) is 4.79 Å². The van der Waals surface area contributed by atoms with Gasteiger partial charge >= 0.3 is 0 Å². The summed E-state index contributed by atoms with van der Waals surface area (Å²) in [5.74, 6) is 1.20. The lowest BCUT2D eigenvalue weighted by atomic mass is 10.1. The molecule has 3 aromatic carbocycles. The maximum absolute atomic E-state index is 12.3. The Hall–Kier alpha value is -3.27. The zero-order valence-electron chi connectivity index (χ0n) is 15.0.